The predicted molar refractivity (Wildman–Crippen MR) is 77.7 cm³/mol. The molecule has 6 nitrogen and oxygen atoms in total. The number of nitrogens with one attached hydrogen (secondary N) is 2. The molecular formula is C15H17FN4O2. The maximum absolute atomic E-state index is 12.9. The van der Waals surface area contributed by atoms with Crippen LogP contribution in [0.2, 0.25) is 0 Å². The zero-order chi connectivity index (χ0) is 15.6. The van der Waals surface area contributed by atoms with Crippen molar-refractivity contribution in [2.45, 2.75) is 38.1 Å². The molecule has 0 spiro atoms. The summed E-state index contributed by atoms with van der Waals surface area (Å²) in [5.41, 5.74) is -0.0710. The van der Waals surface area contributed by atoms with E-state index >= 15 is 0 Å². The van der Waals surface area contributed by atoms with Crippen molar-refractivity contribution in [3.05, 3.63) is 41.8 Å². The minimum Gasteiger partial charge on any atom is -0.340 e. The fourth-order valence-corrected chi connectivity index (χ4v) is 2.79. The van der Waals surface area contributed by atoms with Gasteiger partial charge in [0.2, 0.25) is 5.89 Å². The molecule has 3 rings (SSSR count). The SMILES string of the molecule is Cc1nc(C2(NC(=O)Nc3ccc(F)cc3)CCCC2)no1. The first kappa shape index (κ1) is 14.5. The zero-order valence-electron chi connectivity index (χ0n) is 12.2. The van der Waals surface area contributed by atoms with Crippen LogP contribution in [0.15, 0.2) is 28.8 Å². The van der Waals surface area contributed by atoms with Gasteiger partial charge in [0.05, 0.1) is 0 Å². The molecule has 0 saturated heterocycles. The van der Waals surface area contributed by atoms with Crippen LogP contribution in [0, 0.1) is 12.7 Å². The Morgan fingerprint density at radius 3 is 2.55 bits per heavy atom. The first-order valence-electron chi connectivity index (χ1n) is 7.23. The van der Waals surface area contributed by atoms with Gasteiger partial charge in [0.25, 0.3) is 0 Å². The molecule has 0 bridgehead atoms. The topological polar surface area (TPSA) is 80.0 Å². The molecule has 0 aliphatic heterocycles. The smallest absolute Gasteiger partial charge is 0.320 e. The van der Waals surface area contributed by atoms with Crippen molar-refractivity contribution < 1.29 is 13.7 Å². The number of aryl methyl sites for hydroxylation is 1. The molecule has 2 aromatic rings. The third-order valence-corrected chi connectivity index (χ3v) is 3.87. The normalized spacial score (nSPS) is 16.5. The molecule has 116 valence electrons. The van der Waals surface area contributed by atoms with Gasteiger partial charge in [-0.05, 0) is 37.1 Å². The summed E-state index contributed by atoms with van der Waals surface area (Å²) in [6.45, 7) is 1.72. The van der Waals surface area contributed by atoms with Crippen LogP contribution in [0.5, 0.6) is 0 Å². The number of carbonyl (C=O) groups is 1. The molecule has 1 aliphatic carbocycles. The van der Waals surface area contributed by atoms with E-state index in [1.165, 1.54) is 24.3 Å². The van der Waals surface area contributed by atoms with Crippen molar-refractivity contribution in [3.8, 4) is 0 Å². The van der Waals surface area contributed by atoms with Crippen LogP contribution in [0.3, 0.4) is 0 Å². The third kappa shape index (κ3) is 2.93. The number of carbonyl (C=O) groups excluding carboxylic acids is 1. The number of hydrogen-bond donors (Lipinski definition) is 2. The van der Waals surface area contributed by atoms with Crippen molar-refractivity contribution in [2.24, 2.45) is 0 Å². The number of amides is 2. The van der Waals surface area contributed by atoms with Crippen LogP contribution in [0.25, 0.3) is 0 Å². The molecule has 1 heterocycles. The van der Waals surface area contributed by atoms with E-state index in [1.807, 2.05) is 0 Å². The Hall–Kier alpha value is -2.44. The number of nitrogens with zero attached hydrogens (tertiary/aromatic N) is 2. The lowest BCUT2D eigenvalue weighted by Crippen LogP contribution is -2.46. The quantitative estimate of drug-likeness (QED) is 0.913. The number of anilines is 1. The molecule has 0 radical (unpaired) electrons. The average Bonchev–Trinajstić information content (AvgIpc) is 3.11. The minimum atomic E-state index is -0.595. The highest BCUT2D eigenvalue weighted by molar-refractivity contribution is 5.89. The predicted octanol–water partition coefficient (Wildman–Crippen LogP) is 3.11. The van der Waals surface area contributed by atoms with Crippen molar-refractivity contribution in [3.63, 3.8) is 0 Å². The third-order valence-electron chi connectivity index (χ3n) is 3.87. The summed E-state index contributed by atoms with van der Waals surface area (Å²) in [5.74, 6) is 0.638. The number of urea groups is 1. The van der Waals surface area contributed by atoms with Crippen LogP contribution in [-0.2, 0) is 5.54 Å². The lowest BCUT2D eigenvalue weighted by Gasteiger charge is -2.26. The summed E-state index contributed by atoms with van der Waals surface area (Å²) in [7, 11) is 0. The second kappa shape index (κ2) is 5.75. The van der Waals surface area contributed by atoms with Crippen molar-refractivity contribution in [1.29, 1.82) is 0 Å². The summed E-state index contributed by atoms with van der Waals surface area (Å²) < 4.78 is 17.9. The molecule has 0 unspecified atom stereocenters. The fourth-order valence-electron chi connectivity index (χ4n) is 2.79. The molecule has 0 atom stereocenters. The van der Waals surface area contributed by atoms with Gasteiger partial charge in [-0.3, -0.25) is 0 Å². The standard InChI is InChI=1S/C15H17FN4O2/c1-10-17-13(20-22-10)15(8-2-3-9-15)19-14(21)18-12-6-4-11(16)5-7-12/h4-7H,2-3,8-9H2,1H3,(H2,18,19,21). The van der Waals surface area contributed by atoms with E-state index in [9.17, 15) is 9.18 Å². The largest absolute Gasteiger partial charge is 0.340 e. The zero-order valence-corrected chi connectivity index (χ0v) is 12.2. The van der Waals surface area contributed by atoms with Crippen LogP contribution in [-0.4, -0.2) is 16.2 Å². The van der Waals surface area contributed by atoms with Crippen LogP contribution in [0.1, 0.15) is 37.4 Å². The lowest BCUT2D eigenvalue weighted by molar-refractivity contribution is 0.232. The van der Waals surface area contributed by atoms with Gasteiger partial charge in [-0.25, -0.2) is 9.18 Å². The van der Waals surface area contributed by atoms with Gasteiger partial charge in [-0.15, -0.1) is 0 Å². The lowest BCUT2D eigenvalue weighted by atomic mass is 9.97. The molecule has 1 saturated carbocycles. The summed E-state index contributed by atoms with van der Waals surface area (Å²) in [6.07, 6.45) is 3.51. The highest BCUT2D eigenvalue weighted by atomic mass is 19.1. The average molecular weight is 304 g/mol. The van der Waals surface area contributed by atoms with Gasteiger partial charge in [0.1, 0.15) is 11.4 Å². The maximum Gasteiger partial charge on any atom is 0.320 e. The Labute approximate surface area is 127 Å². The number of hydrogen-bond acceptors (Lipinski definition) is 4. The van der Waals surface area contributed by atoms with E-state index in [0.717, 1.165) is 25.7 Å². The molecule has 1 fully saturated rings. The van der Waals surface area contributed by atoms with Gasteiger partial charge < -0.3 is 15.2 Å². The highest BCUT2D eigenvalue weighted by Crippen LogP contribution is 2.37. The fraction of sp³-hybridized carbons (Fsp3) is 0.400. The summed E-state index contributed by atoms with van der Waals surface area (Å²) in [5, 5.41) is 9.61. The number of aromatic nitrogens is 2. The van der Waals surface area contributed by atoms with E-state index in [-0.39, 0.29) is 11.8 Å². The van der Waals surface area contributed by atoms with E-state index < -0.39 is 5.54 Å². The molecular weight excluding hydrogens is 287 g/mol. The maximum atomic E-state index is 12.9. The van der Waals surface area contributed by atoms with Gasteiger partial charge in [0, 0.05) is 12.6 Å². The number of halogens is 1. The molecule has 7 heteroatoms. The first-order valence-corrected chi connectivity index (χ1v) is 7.23. The Balaban J connectivity index is 1.74. The van der Waals surface area contributed by atoms with Crippen molar-refractivity contribution >= 4 is 11.7 Å². The van der Waals surface area contributed by atoms with E-state index in [2.05, 4.69) is 20.8 Å². The highest BCUT2D eigenvalue weighted by Gasteiger charge is 2.41. The van der Waals surface area contributed by atoms with Crippen molar-refractivity contribution in [2.75, 3.05) is 5.32 Å². The molecule has 1 aliphatic rings. The minimum absolute atomic E-state index is 0.347. The van der Waals surface area contributed by atoms with Crippen LogP contribution < -0.4 is 10.6 Å². The Morgan fingerprint density at radius 1 is 1.27 bits per heavy atom. The monoisotopic (exact) mass is 304 g/mol. The summed E-state index contributed by atoms with van der Waals surface area (Å²) in [6, 6.07) is 5.24. The molecule has 1 aromatic carbocycles. The van der Waals surface area contributed by atoms with E-state index in [1.54, 1.807) is 6.92 Å². The second-order valence-corrected chi connectivity index (χ2v) is 5.51. The molecule has 1 aromatic heterocycles. The second-order valence-electron chi connectivity index (χ2n) is 5.51. The van der Waals surface area contributed by atoms with Gasteiger partial charge in [-0.2, -0.15) is 4.98 Å². The molecule has 2 N–H and O–H groups in total. The first-order chi connectivity index (χ1) is 10.6. The Morgan fingerprint density at radius 2 is 1.95 bits per heavy atom. The summed E-state index contributed by atoms with van der Waals surface area (Å²) >= 11 is 0. The molecule has 22 heavy (non-hydrogen) atoms. The Bertz CT molecular complexity index is 662. The number of benzene rings is 1. The van der Waals surface area contributed by atoms with Gasteiger partial charge in [-0.1, -0.05) is 18.0 Å². The van der Waals surface area contributed by atoms with Crippen LogP contribution >= 0.6 is 0 Å². The van der Waals surface area contributed by atoms with Crippen LogP contribution in [0.4, 0.5) is 14.9 Å². The van der Waals surface area contributed by atoms with Gasteiger partial charge in [0.15, 0.2) is 5.82 Å². The van der Waals surface area contributed by atoms with Crippen molar-refractivity contribution in [1.82, 2.24) is 15.5 Å². The summed E-state index contributed by atoms with van der Waals surface area (Å²) in [4.78, 5) is 16.5. The number of rotatable bonds is 3. The van der Waals surface area contributed by atoms with E-state index in [4.69, 9.17) is 4.52 Å². The molecule has 2 amide bonds. The van der Waals surface area contributed by atoms with Gasteiger partial charge >= 0.3 is 6.03 Å². The Kier molecular flexibility index (Phi) is 3.79. The van der Waals surface area contributed by atoms with E-state index in [0.29, 0.717) is 17.4 Å².